The molecule has 1 N–H and O–H groups in total. The number of hydrogen-bond acceptors (Lipinski definition) is 2. The number of aromatic nitrogens is 1. The molecule has 88 valence electrons. The third kappa shape index (κ3) is 2.68. The van der Waals surface area contributed by atoms with Gasteiger partial charge in [0.2, 0.25) is 0 Å². The van der Waals surface area contributed by atoms with Gasteiger partial charge in [-0.2, -0.15) is 0 Å². The van der Waals surface area contributed by atoms with E-state index >= 15 is 0 Å². The topological polar surface area (TPSA) is 33.1 Å². The van der Waals surface area contributed by atoms with E-state index in [0.29, 0.717) is 5.56 Å². The number of benzene rings is 1. The number of halogens is 1. The van der Waals surface area contributed by atoms with Crippen LogP contribution in [0.1, 0.15) is 22.8 Å². The minimum atomic E-state index is -0.722. The summed E-state index contributed by atoms with van der Waals surface area (Å²) >= 11 is 0. The van der Waals surface area contributed by atoms with Gasteiger partial charge >= 0.3 is 0 Å². The number of nitrogens with zero attached hydrogens (tertiary/aromatic N) is 1. The third-order valence-corrected chi connectivity index (χ3v) is 2.81. The summed E-state index contributed by atoms with van der Waals surface area (Å²) < 4.78 is 13.4. The van der Waals surface area contributed by atoms with E-state index in [1.807, 2.05) is 13.0 Å². The number of pyridine rings is 1. The summed E-state index contributed by atoms with van der Waals surface area (Å²) in [5.74, 6) is -0.284. The molecular formula is C14H14FNO. The van der Waals surface area contributed by atoms with Crippen LogP contribution in [0.2, 0.25) is 0 Å². The molecule has 0 aliphatic carbocycles. The van der Waals surface area contributed by atoms with Gasteiger partial charge in [0, 0.05) is 24.4 Å². The van der Waals surface area contributed by atoms with E-state index in [1.165, 1.54) is 6.07 Å². The zero-order chi connectivity index (χ0) is 12.3. The average Bonchev–Trinajstić information content (AvgIpc) is 2.32. The van der Waals surface area contributed by atoms with E-state index in [-0.39, 0.29) is 12.2 Å². The quantitative estimate of drug-likeness (QED) is 0.881. The lowest BCUT2D eigenvalue weighted by atomic mass is 9.99. The highest BCUT2D eigenvalue weighted by molar-refractivity contribution is 5.27. The molecule has 3 heteroatoms. The predicted molar refractivity (Wildman–Crippen MR) is 64.0 cm³/mol. The smallest absolute Gasteiger partial charge is 0.126 e. The largest absolute Gasteiger partial charge is 0.388 e. The molecule has 1 heterocycles. The Balaban J connectivity index is 2.20. The molecule has 1 unspecified atom stereocenters. The number of aliphatic hydroxyl groups is 1. The van der Waals surface area contributed by atoms with Gasteiger partial charge in [-0.05, 0) is 30.2 Å². The number of hydrogen-bond donors (Lipinski definition) is 1. The second kappa shape index (κ2) is 5.06. The molecule has 0 bridgehead atoms. The van der Waals surface area contributed by atoms with Gasteiger partial charge in [-0.3, -0.25) is 4.98 Å². The van der Waals surface area contributed by atoms with Gasteiger partial charge in [0.1, 0.15) is 5.82 Å². The molecule has 1 atom stereocenters. The van der Waals surface area contributed by atoms with Crippen molar-refractivity contribution in [2.75, 3.05) is 0 Å². The fourth-order valence-corrected chi connectivity index (χ4v) is 1.81. The van der Waals surface area contributed by atoms with E-state index in [4.69, 9.17) is 0 Å². The van der Waals surface area contributed by atoms with Crippen molar-refractivity contribution >= 4 is 0 Å². The molecule has 0 spiro atoms. The van der Waals surface area contributed by atoms with Crippen LogP contribution in [-0.4, -0.2) is 10.1 Å². The van der Waals surface area contributed by atoms with Crippen molar-refractivity contribution in [3.63, 3.8) is 0 Å². The van der Waals surface area contributed by atoms with Gasteiger partial charge in [0.25, 0.3) is 0 Å². The Labute approximate surface area is 99.8 Å². The summed E-state index contributed by atoms with van der Waals surface area (Å²) in [6.07, 6.45) is 2.84. The standard InChI is InChI=1S/C14H14FNO/c1-10-6-7-16-9-12(10)14(17)8-11-4-2-3-5-13(11)15/h2-7,9,14,17H,8H2,1H3. The lowest BCUT2D eigenvalue weighted by molar-refractivity contribution is 0.176. The molecule has 0 saturated carbocycles. The Morgan fingerprint density at radius 3 is 2.76 bits per heavy atom. The minimum absolute atomic E-state index is 0.263. The molecule has 2 rings (SSSR count). The first kappa shape index (κ1) is 11.7. The van der Waals surface area contributed by atoms with Crippen LogP contribution in [0.5, 0.6) is 0 Å². The number of aryl methyl sites for hydroxylation is 1. The first-order valence-electron chi connectivity index (χ1n) is 5.50. The van der Waals surface area contributed by atoms with E-state index in [0.717, 1.165) is 11.1 Å². The highest BCUT2D eigenvalue weighted by atomic mass is 19.1. The highest BCUT2D eigenvalue weighted by Crippen LogP contribution is 2.21. The first-order chi connectivity index (χ1) is 8.18. The lowest BCUT2D eigenvalue weighted by Crippen LogP contribution is -2.05. The maximum atomic E-state index is 13.4. The van der Waals surface area contributed by atoms with Crippen molar-refractivity contribution < 1.29 is 9.50 Å². The normalized spacial score (nSPS) is 12.4. The lowest BCUT2D eigenvalue weighted by Gasteiger charge is -2.13. The molecule has 1 aromatic heterocycles. The average molecular weight is 231 g/mol. The molecule has 0 amide bonds. The zero-order valence-electron chi connectivity index (χ0n) is 9.60. The molecule has 17 heavy (non-hydrogen) atoms. The molecule has 0 aliphatic rings. The van der Waals surface area contributed by atoms with Crippen LogP contribution in [0.4, 0.5) is 4.39 Å². The first-order valence-corrected chi connectivity index (χ1v) is 5.50. The van der Waals surface area contributed by atoms with Gasteiger partial charge in [0.15, 0.2) is 0 Å². The molecule has 2 aromatic rings. The van der Waals surface area contributed by atoms with E-state index in [1.54, 1.807) is 30.6 Å². The Bertz CT molecular complexity index is 513. The Morgan fingerprint density at radius 2 is 2.06 bits per heavy atom. The maximum Gasteiger partial charge on any atom is 0.126 e. The second-order valence-electron chi connectivity index (χ2n) is 4.04. The summed E-state index contributed by atoms with van der Waals surface area (Å²) in [7, 11) is 0. The summed E-state index contributed by atoms with van der Waals surface area (Å²) in [6, 6.07) is 8.32. The Hall–Kier alpha value is -1.74. The fraction of sp³-hybridized carbons (Fsp3) is 0.214. The van der Waals surface area contributed by atoms with Crippen LogP contribution in [0.3, 0.4) is 0 Å². The zero-order valence-corrected chi connectivity index (χ0v) is 9.60. The van der Waals surface area contributed by atoms with Crippen LogP contribution < -0.4 is 0 Å². The molecular weight excluding hydrogens is 217 g/mol. The van der Waals surface area contributed by atoms with Gasteiger partial charge in [0.05, 0.1) is 6.10 Å². The summed E-state index contributed by atoms with van der Waals surface area (Å²) in [5.41, 5.74) is 2.22. The summed E-state index contributed by atoms with van der Waals surface area (Å²) in [4.78, 5) is 3.98. The van der Waals surface area contributed by atoms with Crippen LogP contribution >= 0.6 is 0 Å². The molecule has 1 aromatic carbocycles. The predicted octanol–water partition coefficient (Wildman–Crippen LogP) is 2.81. The van der Waals surface area contributed by atoms with Gasteiger partial charge in [-0.1, -0.05) is 18.2 Å². The van der Waals surface area contributed by atoms with Crippen molar-refractivity contribution in [3.8, 4) is 0 Å². The molecule has 0 aliphatic heterocycles. The fourth-order valence-electron chi connectivity index (χ4n) is 1.81. The maximum absolute atomic E-state index is 13.4. The molecule has 2 nitrogen and oxygen atoms in total. The monoisotopic (exact) mass is 231 g/mol. The van der Waals surface area contributed by atoms with Crippen molar-refractivity contribution in [2.45, 2.75) is 19.4 Å². The van der Waals surface area contributed by atoms with Crippen LogP contribution in [0, 0.1) is 12.7 Å². The second-order valence-corrected chi connectivity index (χ2v) is 4.04. The van der Waals surface area contributed by atoms with Crippen LogP contribution in [0.15, 0.2) is 42.7 Å². The number of rotatable bonds is 3. The van der Waals surface area contributed by atoms with E-state index in [9.17, 15) is 9.50 Å². The van der Waals surface area contributed by atoms with Gasteiger partial charge in [-0.15, -0.1) is 0 Å². The van der Waals surface area contributed by atoms with Crippen molar-refractivity contribution in [1.82, 2.24) is 4.98 Å². The Morgan fingerprint density at radius 1 is 1.29 bits per heavy atom. The summed E-state index contributed by atoms with van der Waals surface area (Å²) in [6.45, 7) is 1.90. The van der Waals surface area contributed by atoms with Gasteiger partial charge in [-0.25, -0.2) is 4.39 Å². The SMILES string of the molecule is Cc1ccncc1C(O)Cc1ccccc1F. The molecule has 0 fully saturated rings. The summed E-state index contributed by atoms with van der Waals surface area (Å²) in [5, 5.41) is 10.1. The van der Waals surface area contributed by atoms with Crippen molar-refractivity contribution in [2.24, 2.45) is 0 Å². The van der Waals surface area contributed by atoms with Gasteiger partial charge < -0.3 is 5.11 Å². The van der Waals surface area contributed by atoms with Crippen LogP contribution in [0.25, 0.3) is 0 Å². The third-order valence-electron chi connectivity index (χ3n) is 2.81. The van der Waals surface area contributed by atoms with Crippen molar-refractivity contribution in [3.05, 3.63) is 65.2 Å². The van der Waals surface area contributed by atoms with E-state index in [2.05, 4.69) is 4.98 Å². The minimum Gasteiger partial charge on any atom is -0.388 e. The van der Waals surface area contributed by atoms with Crippen molar-refractivity contribution in [1.29, 1.82) is 0 Å². The molecule has 0 saturated heterocycles. The molecule has 0 radical (unpaired) electrons. The number of aliphatic hydroxyl groups excluding tert-OH is 1. The van der Waals surface area contributed by atoms with Crippen LogP contribution in [-0.2, 0) is 6.42 Å². The van der Waals surface area contributed by atoms with E-state index < -0.39 is 6.10 Å². The highest BCUT2D eigenvalue weighted by Gasteiger charge is 2.13. The Kier molecular flexibility index (Phi) is 3.49.